The molecule has 0 aromatic heterocycles. The minimum absolute atomic E-state index is 0.227. The average Bonchev–Trinajstić information content (AvgIpc) is 2.53. The van der Waals surface area contributed by atoms with E-state index in [4.69, 9.17) is 14.7 Å². The van der Waals surface area contributed by atoms with E-state index in [1.54, 1.807) is 4.90 Å². The van der Waals surface area contributed by atoms with Crippen molar-refractivity contribution >= 4 is 11.9 Å². The number of rotatable bonds is 3. The van der Waals surface area contributed by atoms with E-state index in [1.807, 2.05) is 6.07 Å². The summed E-state index contributed by atoms with van der Waals surface area (Å²) in [5, 5.41) is 8.66. The first-order chi connectivity index (χ1) is 9.70. The van der Waals surface area contributed by atoms with Gasteiger partial charge < -0.3 is 14.4 Å². The van der Waals surface area contributed by atoms with Crippen molar-refractivity contribution in [2.24, 2.45) is 0 Å². The second kappa shape index (κ2) is 6.68. The van der Waals surface area contributed by atoms with Crippen LogP contribution in [-0.2, 0) is 14.3 Å². The lowest BCUT2D eigenvalue weighted by Gasteiger charge is -2.26. The summed E-state index contributed by atoms with van der Waals surface area (Å²) in [6, 6.07) is 8.02. The van der Waals surface area contributed by atoms with Gasteiger partial charge in [0.05, 0.1) is 30.4 Å². The van der Waals surface area contributed by atoms with E-state index in [9.17, 15) is 9.59 Å². The van der Waals surface area contributed by atoms with Gasteiger partial charge in [-0.3, -0.25) is 4.79 Å². The van der Waals surface area contributed by atoms with Gasteiger partial charge in [-0.2, -0.15) is 5.26 Å². The van der Waals surface area contributed by atoms with Crippen molar-refractivity contribution in [3.63, 3.8) is 0 Å². The monoisotopic (exact) mass is 274 g/mol. The summed E-state index contributed by atoms with van der Waals surface area (Å²) in [5.41, 5.74) is 0.782. The van der Waals surface area contributed by atoms with E-state index >= 15 is 0 Å². The highest BCUT2D eigenvalue weighted by Gasteiger charge is 2.18. The molecule has 1 amide bonds. The third-order valence-corrected chi connectivity index (χ3v) is 2.94. The molecule has 1 aliphatic rings. The zero-order valence-electron chi connectivity index (χ0n) is 10.9. The zero-order valence-corrected chi connectivity index (χ0v) is 10.9. The van der Waals surface area contributed by atoms with Gasteiger partial charge >= 0.3 is 5.97 Å². The molecule has 2 rings (SSSR count). The van der Waals surface area contributed by atoms with Crippen LogP contribution in [0.2, 0.25) is 0 Å². The topological polar surface area (TPSA) is 79.6 Å². The molecule has 0 atom stereocenters. The molecule has 1 aromatic carbocycles. The Morgan fingerprint density at radius 2 is 1.90 bits per heavy atom. The predicted octanol–water partition coefficient (Wildman–Crippen LogP) is 0.574. The van der Waals surface area contributed by atoms with E-state index < -0.39 is 5.97 Å². The fourth-order valence-corrected chi connectivity index (χ4v) is 1.80. The van der Waals surface area contributed by atoms with Gasteiger partial charge in [-0.25, -0.2) is 4.79 Å². The van der Waals surface area contributed by atoms with Crippen LogP contribution in [0.5, 0.6) is 0 Å². The number of morpholine rings is 1. The van der Waals surface area contributed by atoms with E-state index in [-0.39, 0.29) is 12.5 Å². The van der Waals surface area contributed by atoms with E-state index in [0.717, 1.165) is 0 Å². The highest BCUT2D eigenvalue weighted by molar-refractivity contribution is 5.91. The SMILES string of the molecule is N#Cc1ccc(C(=O)OCC(=O)N2CCOCC2)cc1. The third kappa shape index (κ3) is 3.56. The van der Waals surface area contributed by atoms with E-state index in [1.165, 1.54) is 24.3 Å². The summed E-state index contributed by atoms with van der Waals surface area (Å²) in [4.78, 5) is 25.1. The van der Waals surface area contributed by atoms with E-state index in [0.29, 0.717) is 37.4 Å². The van der Waals surface area contributed by atoms with Crippen LogP contribution in [-0.4, -0.2) is 49.7 Å². The Balaban J connectivity index is 1.84. The zero-order chi connectivity index (χ0) is 14.4. The fourth-order valence-electron chi connectivity index (χ4n) is 1.80. The van der Waals surface area contributed by atoms with Gasteiger partial charge in [0.15, 0.2) is 6.61 Å². The number of esters is 1. The summed E-state index contributed by atoms with van der Waals surface area (Å²) in [7, 11) is 0. The Morgan fingerprint density at radius 1 is 1.25 bits per heavy atom. The van der Waals surface area contributed by atoms with Gasteiger partial charge in [0, 0.05) is 13.1 Å². The van der Waals surface area contributed by atoms with Crippen LogP contribution in [0.15, 0.2) is 24.3 Å². The maximum Gasteiger partial charge on any atom is 0.338 e. The highest BCUT2D eigenvalue weighted by Crippen LogP contribution is 2.06. The lowest BCUT2D eigenvalue weighted by atomic mass is 10.1. The maximum atomic E-state index is 11.8. The number of carbonyl (C=O) groups excluding carboxylic acids is 2. The Labute approximate surface area is 116 Å². The summed E-state index contributed by atoms with van der Waals surface area (Å²) in [5.74, 6) is -0.800. The lowest BCUT2D eigenvalue weighted by Crippen LogP contribution is -2.42. The first-order valence-corrected chi connectivity index (χ1v) is 6.23. The molecular formula is C14H14N2O4. The predicted molar refractivity (Wildman–Crippen MR) is 68.8 cm³/mol. The third-order valence-electron chi connectivity index (χ3n) is 2.94. The lowest BCUT2D eigenvalue weighted by molar-refractivity contribution is -0.138. The number of ether oxygens (including phenoxy) is 2. The summed E-state index contributed by atoms with van der Waals surface area (Å²) in [6.07, 6.45) is 0. The number of nitriles is 1. The Morgan fingerprint density at radius 3 is 2.50 bits per heavy atom. The number of hydrogen-bond acceptors (Lipinski definition) is 5. The molecule has 1 fully saturated rings. The molecule has 0 radical (unpaired) electrons. The first-order valence-electron chi connectivity index (χ1n) is 6.23. The molecule has 0 saturated carbocycles. The average molecular weight is 274 g/mol. The molecule has 20 heavy (non-hydrogen) atoms. The molecule has 0 bridgehead atoms. The molecule has 1 aromatic rings. The van der Waals surface area contributed by atoms with Crippen LogP contribution in [0.1, 0.15) is 15.9 Å². The van der Waals surface area contributed by atoms with Crippen molar-refractivity contribution < 1.29 is 19.1 Å². The summed E-state index contributed by atoms with van der Waals surface area (Å²) < 4.78 is 10.1. The molecule has 0 aliphatic carbocycles. The number of benzene rings is 1. The molecule has 104 valence electrons. The number of carbonyl (C=O) groups is 2. The van der Waals surface area contributed by atoms with Gasteiger partial charge in [0.1, 0.15) is 0 Å². The fraction of sp³-hybridized carbons (Fsp3) is 0.357. The van der Waals surface area contributed by atoms with Crippen molar-refractivity contribution in [2.45, 2.75) is 0 Å². The van der Waals surface area contributed by atoms with Crippen molar-refractivity contribution in [2.75, 3.05) is 32.9 Å². The molecule has 1 aliphatic heterocycles. The van der Waals surface area contributed by atoms with Gasteiger partial charge in [-0.05, 0) is 24.3 Å². The van der Waals surface area contributed by atoms with Gasteiger partial charge in [-0.15, -0.1) is 0 Å². The minimum atomic E-state index is -0.573. The first kappa shape index (κ1) is 14.0. The Kier molecular flexibility index (Phi) is 4.69. The molecule has 1 saturated heterocycles. The van der Waals surface area contributed by atoms with Crippen molar-refractivity contribution in [1.82, 2.24) is 4.90 Å². The van der Waals surface area contributed by atoms with Crippen molar-refractivity contribution in [1.29, 1.82) is 5.26 Å². The molecule has 1 heterocycles. The highest BCUT2D eigenvalue weighted by atomic mass is 16.5. The summed E-state index contributed by atoms with van der Waals surface area (Å²) >= 11 is 0. The standard InChI is InChI=1S/C14H14N2O4/c15-9-11-1-3-12(4-2-11)14(18)20-10-13(17)16-5-7-19-8-6-16/h1-4H,5-8,10H2. The van der Waals surface area contributed by atoms with Crippen molar-refractivity contribution in [3.8, 4) is 6.07 Å². The smallest absolute Gasteiger partial charge is 0.338 e. The second-order valence-corrected chi connectivity index (χ2v) is 4.26. The number of nitrogens with zero attached hydrogens (tertiary/aromatic N) is 2. The molecule has 6 heteroatoms. The normalized spacial score (nSPS) is 14.4. The molecule has 0 N–H and O–H groups in total. The van der Waals surface area contributed by atoms with Crippen LogP contribution in [0, 0.1) is 11.3 Å². The number of hydrogen-bond donors (Lipinski definition) is 0. The van der Waals surface area contributed by atoms with Crippen LogP contribution < -0.4 is 0 Å². The molecule has 6 nitrogen and oxygen atoms in total. The maximum absolute atomic E-state index is 11.8. The van der Waals surface area contributed by atoms with Crippen LogP contribution in [0.3, 0.4) is 0 Å². The second-order valence-electron chi connectivity index (χ2n) is 4.26. The van der Waals surface area contributed by atoms with Gasteiger partial charge in [0.2, 0.25) is 0 Å². The van der Waals surface area contributed by atoms with E-state index in [2.05, 4.69) is 0 Å². The quantitative estimate of drug-likeness (QED) is 0.753. The van der Waals surface area contributed by atoms with Crippen LogP contribution in [0.4, 0.5) is 0 Å². The minimum Gasteiger partial charge on any atom is -0.452 e. The van der Waals surface area contributed by atoms with Crippen molar-refractivity contribution in [3.05, 3.63) is 35.4 Å². The van der Waals surface area contributed by atoms with Gasteiger partial charge in [0.25, 0.3) is 5.91 Å². The molecule has 0 unspecified atom stereocenters. The Hall–Kier alpha value is -2.39. The van der Waals surface area contributed by atoms with Crippen LogP contribution >= 0.6 is 0 Å². The van der Waals surface area contributed by atoms with Gasteiger partial charge in [-0.1, -0.05) is 0 Å². The Bertz CT molecular complexity index is 527. The molecule has 0 spiro atoms. The van der Waals surface area contributed by atoms with Crippen LogP contribution in [0.25, 0.3) is 0 Å². The largest absolute Gasteiger partial charge is 0.452 e. The molecular weight excluding hydrogens is 260 g/mol. The number of amides is 1. The summed E-state index contributed by atoms with van der Waals surface area (Å²) in [6.45, 7) is 1.78.